The SMILES string of the molecule is CCc1cn([C@@H]2CCN(CC3CCN(C(=O)c4cc(C)c([C@@H]5CN(c6cc(-c7ccccc7O)nnc6N)C[C@H](C)O5)cc4C)CC3)C[C@@H]2F)c2ncc(N3CCC(=O)NC3=O)cc12. The van der Waals surface area contributed by atoms with E-state index in [0.717, 1.165) is 65.7 Å². The number of halogens is 1. The number of hydrogen-bond donors (Lipinski definition) is 3. The molecule has 2 aromatic carbocycles. The van der Waals surface area contributed by atoms with Gasteiger partial charge in [-0.15, -0.1) is 10.2 Å². The molecule has 0 aliphatic carbocycles. The molecule has 0 bridgehead atoms. The monoisotopic (exact) mass is 872 g/mol. The summed E-state index contributed by atoms with van der Waals surface area (Å²) in [5, 5.41) is 22.2. The number of nitrogens with zero attached hydrogens (tertiary/aromatic N) is 8. The molecule has 5 aromatic rings. The number of likely N-dealkylation sites (tertiary alicyclic amines) is 2. The second kappa shape index (κ2) is 17.8. The zero-order chi connectivity index (χ0) is 44.8. The number of para-hydroxylation sites is 1. The summed E-state index contributed by atoms with van der Waals surface area (Å²) in [6.45, 7) is 12.7. The van der Waals surface area contributed by atoms with Gasteiger partial charge in [0.1, 0.15) is 23.7 Å². The summed E-state index contributed by atoms with van der Waals surface area (Å²) in [7, 11) is 0. The van der Waals surface area contributed by atoms with Crippen molar-refractivity contribution >= 4 is 46.1 Å². The van der Waals surface area contributed by atoms with Gasteiger partial charge in [0.2, 0.25) is 5.91 Å². The maximum atomic E-state index is 16.2. The number of aromatic nitrogens is 4. The molecule has 3 aromatic heterocycles. The third-order valence-electron chi connectivity index (χ3n) is 13.6. The Hall–Kier alpha value is -6.13. The number of phenols is 1. The standard InChI is InChI=1S/C48H57FN10O5/c1-5-32-25-59(46-37(32)20-33(22-51-46)58-17-13-44(61)52-48(58)63)40-12-14-55(26-38(40)49)24-31-10-15-56(16-11-31)47(62)36-19-28(2)35(18-29(36)3)43-27-57(23-30(4)64-43)41-21-39(53-54-45(41)50)34-8-6-7-9-42(34)60/h6-9,18-22,25,30-31,38,40,43,60H,5,10-17,23-24,26-27H2,1-4H3,(H2,50,54)(H,52,61,63)/t30-,38-,40+,43-/m0/s1. The lowest BCUT2D eigenvalue weighted by molar-refractivity contribution is -0.120. The first-order valence-corrected chi connectivity index (χ1v) is 22.5. The molecule has 4 amide bonds. The number of hydrogen-bond acceptors (Lipinski definition) is 11. The number of phenolic OH excluding ortho intramolecular Hbond substituents is 1. The molecular weight excluding hydrogens is 816 g/mol. The second-order valence-corrected chi connectivity index (χ2v) is 18.0. The molecule has 7 heterocycles. The van der Waals surface area contributed by atoms with Crippen molar-refractivity contribution in [3.8, 4) is 17.0 Å². The number of imide groups is 1. The van der Waals surface area contributed by atoms with Crippen molar-refractivity contribution in [1.82, 2.24) is 34.9 Å². The molecule has 4 aliphatic rings. The average molecular weight is 873 g/mol. The number of nitrogens with one attached hydrogen (secondary N) is 1. The quantitative estimate of drug-likeness (QED) is 0.147. The van der Waals surface area contributed by atoms with E-state index in [1.54, 1.807) is 24.4 Å². The number of anilines is 3. The Labute approximate surface area is 372 Å². The van der Waals surface area contributed by atoms with Gasteiger partial charge in [0.05, 0.1) is 35.4 Å². The van der Waals surface area contributed by atoms with Crippen LogP contribution in [-0.4, -0.2) is 117 Å². The fourth-order valence-corrected chi connectivity index (χ4v) is 10.2. The third kappa shape index (κ3) is 8.48. The number of fused-ring (bicyclic) bond motifs is 1. The third-order valence-corrected chi connectivity index (χ3v) is 13.6. The van der Waals surface area contributed by atoms with E-state index >= 15 is 4.39 Å². The molecule has 4 fully saturated rings. The van der Waals surface area contributed by atoms with E-state index in [1.165, 1.54) is 4.90 Å². The normalized spacial score (nSPS) is 22.6. The molecule has 4 aliphatic heterocycles. The number of nitrogens with two attached hydrogens (primary N) is 1. The number of aromatic hydroxyl groups is 1. The topological polar surface area (TPSA) is 175 Å². The van der Waals surface area contributed by atoms with Gasteiger partial charge in [0.15, 0.2) is 5.82 Å². The fourth-order valence-electron chi connectivity index (χ4n) is 10.2. The summed E-state index contributed by atoms with van der Waals surface area (Å²) in [6, 6.07) is 14.1. The molecule has 0 spiro atoms. The van der Waals surface area contributed by atoms with Crippen LogP contribution < -0.4 is 20.9 Å². The molecule has 4 N–H and O–H groups in total. The van der Waals surface area contributed by atoms with E-state index < -0.39 is 12.2 Å². The minimum absolute atomic E-state index is 0.0301. The molecule has 16 heteroatoms. The Balaban J connectivity index is 0.805. The van der Waals surface area contributed by atoms with Crippen LogP contribution in [0.4, 0.5) is 26.4 Å². The molecule has 9 rings (SSSR count). The number of amides is 4. The number of pyridine rings is 1. The highest BCUT2D eigenvalue weighted by atomic mass is 19.1. The summed E-state index contributed by atoms with van der Waals surface area (Å²) < 4.78 is 24.7. The van der Waals surface area contributed by atoms with E-state index in [0.29, 0.717) is 85.6 Å². The lowest BCUT2D eigenvalue weighted by Gasteiger charge is -2.40. The van der Waals surface area contributed by atoms with Crippen LogP contribution in [0.25, 0.3) is 22.3 Å². The fraction of sp³-hybridized carbons (Fsp3) is 0.458. The van der Waals surface area contributed by atoms with Gasteiger partial charge in [0, 0.05) is 81.5 Å². The highest BCUT2D eigenvalue weighted by Crippen LogP contribution is 2.38. The number of carbonyl (C=O) groups is 3. The number of benzene rings is 2. The first-order chi connectivity index (χ1) is 30.8. The van der Waals surface area contributed by atoms with Crippen molar-refractivity contribution < 1.29 is 28.6 Å². The largest absolute Gasteiger partial charge is 0.507 e. The summed E-state index contributed by atoms with van der Waals surface area (Å²) >= 11 is 0. The van der Waals surface area contributed by atoms with Crippen molar-refractivity contribution in [1.29, 1.82) is 0 Å². The van der Waals surface area contributed by atoms with E-state index in [-0.39, 0.29) is 42.2 Å². The van der Waals surface area contributed by atoms with Crippen LogP contribution in [0.3, 0.4) is 0 Å². The van der Waals surface area contributed by atoms with Crippen LogP contribution in [0, 0.1) is 19.8 Å². The van der Waals surface area contributed by atoms with Crippen molar-refractivity contribution in [2.24, 2.45) is 5.92 Å². The first-order valence-electron chi connectivity index (χ1n) is 22.5. The first kappa shape index (κ1) is 43.1. The number of morpholine rings is 1. The number of ether oxygens (including phenoxy) is 1. The molecule has 4 saturated heterocycles. The summed E-state index contributed by atoms with van der Waals surface area (Å²) in [4.78, 5) is 50.9. The van der Waals surface area contributed by atoms with Crippen molar-refractivity contribution in [2.45, 2.75) is 84.2 Å². The minimum atomic E-state index is -1.08. The van der Waals surface area contributed by atoms with E-state index in [2.05, 4.69) is 38.3 Å². The zero-order valence-electron chi connectivity index (χ0n) is 37.0. The van der Waals surface area contributed by atoms with Gasteiger partial charge < -0.3 is 34.8 Å². The Bertz CT molecular complexity index is 2590. The zero-order valence-corrected chi connectivity index (χ0v) is 37.0. The van der Waals surface area contributed by atoms with Crippen LogP contribution in [0.2, 0.25) is 0 Å². The average Bonchev–Trinajstić information content (AvgIpc) is 3.65. The minimum Gasteiger partial charge on any atom is -0.507 e. The lowest BCUT2D eigenvalue weighted by Crippen LogP contribution is -2.49. The predicted molar refractivity (Wildman–Crippen MR) is 243 cm³/mol. The molecule has 4 atom stereocenters. The van der Waals surface area contributed by atoms with Gasteiger partial charge in [-0.2, -0.15) is 0 Å². The Kier molecular flexibility index (Phi) is 12.0. The Morgan fingerprint density at radius 3 is 2.53 bits per heavy atom. The molecule has 15 nitrogen and oxygen atoms in total. The van der Waals surface area contributed by atoms with Gasteiger partial charge in [-0.1, -0.05) is 25.1 Å². The molecular formula is C48H57FN10O5. The van der Waals surface area contributed by atoms with Gasteiger partial charge in [-0.3, -0.25) is 19.8 Å². The number of carbonyl (C=O) groups excluding carboxylic acids is 3. The second-order valence-electron chi connectivity index (χ2n) is 18.0. The van der Waals surface area contributed by atoms with Gasteiger partial charge in [-0.05, 0) is 105 Å². The van der Waals surface area contributed by atoms with Crippen molar-refractivity contribution in [3.05, 3.63) is 88.7 Å². The van der Waals surface area contributed by atoms with Crippen LogP contribution in [-0.2, 0) is 16.0 Å². The molecule has 0 radical (unpaired) electrons. The summed E-state index contributed by atoms with van der Waals surface area (Å²) in [6.07, 6.45) is 5.53. The summed E-state index contributed by atoms with van der Waals surface area (Å²) in [5.74, 6) is 0.530. The lowest BCUT2D eigenvalue weighted by atomic mass is 9.92. The van der Waals surface area contributed by atoms with Crippen molar-refractivity contribution in [2.75, 3.05) is 67.9 Å². The van der Waals surface area contributed by atoms with Crippen LogP contribution in [0.5, 0.6) is 5.75 Å². The van der Waals surface area contributed by atoms with Crippen LogP contribution in [0.15, 0.2) is 60.9 Å². The highest BCUT2D eigenvalue weighted by Gasteiger charge is 2.35. The Morgan fingerprint density at radius 1 is 0.984 bits per heavy atom. The van der Waals surface area contributed by atoms with E-state index in [4.69, 9.17) is 15.5 Å². The number of aryl methyl sites for hydroxylation is 3. The van der Waals surface area contributed by atoms with Gasteiger partial charge in [-0.25, -0.2) is 14.2 Å². The Morgan fingerprint density at radius 2 is 1.78 bits per heavy atom. The number of nitrogen functional groups attached to an aromatic ring is 1. The van der Waals surface area contributed by atoms with Gasteiger partial charge >= 0.3 is 6.03 Å². The number of rotatable bonds is 9. The number of alkyl halides is 1. The van der Waals surface area contributed by atoms with E-state index in [9.17, 15) is 19.5 Å². The molecule has 0 saturated carbocycles. The predicted octanol–water partition coefficient (Wildman–Crippen LogP) is 6.51. The molecule has 64 heavy (non-hydrogen) atoms. The van der Waals surface area contributed by atoms with Crippen LogP contribution in [0.1, 0.15) is 84.3 Å². The maximum Gasteiger partial charge on any atom is 0.328 e. The number of urea groups is 1. The molecule has 336 valence electrons. The highest BCUT2D eigenvalue weighted by molar-refractivity contribution is 6.06. The van der Waals surface area contributed by atoms with E-state index in [1.807, 2.05) is 60.7 Å². The maximum absolute atomic E-state index is 16.2. The smallest absolute Gasteiger partial charge is 0.328 e. The summed E-state index contributed by atoms with van der Waals surface area (Å²) in [5.41, 5.74) is 14.2. The molecule has 0 unspecified atom stereocenters. The van der Waals surface area contributed by atoms with Crippen LogP contribution >= 0.6 is 0 Å². The van der Waals surface area contributed by atoms with Gasteiger partial charge in [0.25, 0.3) is 5.91 Å². The number of piperidine rings is 2. The van der Waals surface area contributed by atoms with Crippen molar-refractivity contribution in [3.63, 3.8) is 0 Å².